The lowest BCUT2D eigenvalue weighted by Crippen LogP contribution is -2.20. The predicted octanol–water partition coefficient (Wildman–Crippen LogP) is 5.26. The molecule has 0 aliphatic heterocycles. The summed E-state index contributed by atoms with van der Waals surface area (Å²) in [5.41, 5.74) is 2.91. The van der Waals surface area contributed by atoms with E-state index in [1.807, 2.05) is 72.8 Å². The lowest BCUT2D eigenvalue weighted by molar-refractivity contribution is -0.116. The van der Waals surface area contributed by atoms with E-state index in [9.17, 15) is 4.79 Å². The maximum atomic E-state index is 12.0. The Bertz CT molecular complexity index is 969. The third-order valence-corrected chi connectivity index (χ3v) is 4.48. The van der Waals surface area contributed by atoms with Crippen LogP contribution in [0.15, 0.2) is 78.9 Å². The highest BCUT2D eigenvalue weighted by atomic mass is 35.5. The molecule has 0 aromatic heterocycles. The van der Waals surface area contributed by atoms with E-state index in [1.165, 1.54) is 6.08 Å². The van der Waals surface area contributed by atoms with Gasteiger partial charge in [-0.3, -0.25) is 4.79 Å². The van der Waals surface area contributed by atoms with Crippen molar-refractivity contribution < 1.29 is 14.3 Å². The summed E-state index contributed by atoms with van der Waals surface area (Å²) in [5.74, 6) is 1.08. The number of hydrogen-bond acceptors (Lipinski definition) is 3. The summed E-state index contributed by atoms with van der Waals surface area (Å²) < 4.78 is 11.3. The summed E-state index contributed by atoms with van der Waals surface area (Å²) in [4.78, 5) is 12.0. The molecular formula is C24H22ClNO3. The molecule has 0 saturated carbocycles. The molecule has 0 radical (unpaired) electrons. The number of hydrogen-bond donors (Lipinski definition) is 1. The van der Waals surface area contributed by atoms with Crippen LogP contribution in [0.3, 0.4) is 0 Å². The Hall–Kier alpha value is -3.24. The molecule has 0 aliphatic carbocycles. The highest BCUT2D eigenvalue weighted by Crippen LogP contribution is 2.29. The van der Waals surface area contributed by atoms with Crippen molar-refractivity contribution in [1.29, 1.82) is 0 Å². The van der Waals surface area contributed by atoms with E-state index >= 15 is 0 Å². The van der Waals surface area contributed by atoms with Gasteiger partial charge in [-0.2, -0.15) is 0 Å². The molecule has 0 heterocycles. The van der Waals surface area contributed by atoms with Gasteiger partial charge in [-0.15, -0.1) is 0 Å². The number of methoxy groups -OCH3 is 1. The molecule has 3 rings (SSSR count). The molecule has 4 nitrogen and oxygen atoms in total. The minimum Gasteiger partial charge on any atom is -0.493 e. The molecule has 1 N–H and O–H groups in total. The molecule has 29 heavy (non-hydrogen) atoms. The van der Waals surface area contributed by atoms with Crippen molar-refractivity contribution in [2.45, 2.75) is 13.2 Å². The van der Waals surface area contributed by atoms with E-state index in [-0.39, 0.29) is 5.91 Å². The van der Waals surface area contributed by atoms with Crippen molar-refractivity contribution in [3.63, 3.8) is 0 Å². The summed E-state index contributed by atoms with van der Waals surface area (Å²) in [7, 11) is 1.59. The molecule has 148 valence electrons. The normalized spacial score (nSPS) is 10.7. The van der Waals surface area contributed by atoms with Crippen LogP contribution in [0.4, 0.5) is 0 Å². The lowest BCUT2D eigenvalue weighted by Gasteiger charge is -2.11. The molecule has 0 fully saturated rings. The highest BCUT2D eigenvalue weighted by Gasteiger charge is 2.06. The van der Waals surface area contributed by atoms with Gasteiger partial charge in [0.2, 0.25) is 5.91 Å². The van der Waals surface area contributed by atoms with Gasteiger partial charge in [-0.1, -0.05) is 60.1 Å². The quantitative estimate of drug-likeness (QED) is 0.518. The Morgan fingerprint density at radius 1 is 0.966 bits per heavy atom. The Morgan fingerprint density at radius 2 is 1.72 bits per heavy atom. The van der Waals surface area contributed by atoms with E-state index in [2.05, 4.69) is 5.32 Å². The maximum Gasteiger partial charge on any atom is 0.244 e. The Morgan fingerprint density at radius 3 is 2.45 bits per heavy atom. The maximum absolute atomic E-state index is 12.0. The van der Waals surface area contributed by atoms with Gasteiger partial charge < -0.3 is 14.8 Å². The molecule has 0 saturated heterocycles. The second-order valence-corrected chi connectivity index (χ2v) is 6.80. The van der Waals surface area contributed by atoms with Gasteiger partial charge >= 0.3 is 0 Å². The van der Waals surface area contributed by atoms with Crippen molar-refractivity contribution in [3.05, 3.63) is 101 Å². The standard InChI is InChI=1S/C24H22ClNO3/c1-28-23-15-18(10-14-24(27)26-16-19-5-3-2-4-6-19)9-13-22(23)29-17-20-7-11-21(25)12-8-20/h2-15H,16-17H2,1H3,(H,26,27)/b14-10+. The average Bonchev–Trinajstić information content (AvgIpc) is 2.76. The smallest absolute Gasteiger partial charge is 0.244 e. The minimum atomic E-state index is -0.157. The Balaban J connectivity index is 1.58. The van der Waals surface area contributed by atoms with E-state index in [0.29, 0.717) is 29.7 Å². The van der Waals surface area contributed by atoms with Gasteiger partial charge in [0.05, 0.1) is 7.11 Å². The van der Waals surface area contributed by atoms with Crippen molar-refractivity contribution in [2.24, 2.45) is 0 Å². The number of carbonyl (C=O) groups is 1. The van der Waals surface area contributed by atoms with Crippen LogP contribution in [0, 0.1) is 0 Å². The second kappa shape index (κ2) is 10.3. The van der Waals surface area contributed by atoms with Crippen molar-refractivity contribution in [1.82, 2.24) is 5.32 Å². The van der Waals surface area contributed by atoms with Crippen LogP contribution < -0.4 is 14.8 Å². The first-order chi connectivity index (χ1) is 14.1. The number of amides is 1. The number of benzene rings is 3. The van der Waals surface area contributed by atoms with Crippen molar-refractivity contribution >= 4 is 23.6 Å². The van der Waals surface area contributed by atoms with Crippen LogP contribution in [-0.4, -0.2) is 13.0 Å². The van der Waals surface area contributed by atoms with Crippen LogP contribution in [0.5, 0.6) is 11.5 Å². The second-order valence-electron chi connectivity index (χ2n) is 6.36. The number of carbonyl (C=O) groups excluding carboxylic acids is 1. The van der Waals surface area contributed by atoms with Crippen molar-refractivity contribution in [3.8, 4) is 11.5 Å². The van der Waals surface area contributed by atoms with Crippen LogP contribution in [0.25, 0.3) is 6.08 Å². The molecular weight excluding hydrogens is 386 g/mol. The van der Waals surface area contributed by atoms with Gasteiger partial charge in [-0.25, -0.2) is 0 Å². The molecule has 3 aromatic carbocycles. The number of halogens is 1. The largest absolute Gasteiger partial charge is 0.493 e. The molecule has 0 bridgehead atoms. The first kappa shape index (κ1) is 20.5. The molecule has 3 aromatic rings. The first-order valence-corrected chi connectivity index (χ1v) is 9.57. The summed E-state index contributed by atoms with van der Waals surface area (Å²) in [5, 5.41) is 3.55. The van der Waals surface area contributed by atoms with Crippen LogP contribution in [-0.2, 0) is 17.9 Å². The summed E-state index contributed by atoms with van der Waals surface area (Å²) >= 11 is 5.90. The van der Waals surface area contributed by atoms with Crippen LogP contribution in [0.2, 0.25) is 5.02 Å². The van der Waals surface area contributed by atoms with Crippen molar-refractivity contribution in [2.75, 3.05) is 7.11 Å². The fourth-order valence-electron chi connectivity index (χ4n) is 2.66. The molecule has 0 atom stereocenters. The van der Waals surface area contributed by atoms with E-state index in [1.54, 1.807) is 13.2 Å². The summed E-state index contributed by atoms with van der Waals surface area (Å²) in [6.07, 6.45) is 3.25. The zero-order chi connectivity index (χ0) is 20.5. The Labute approximate surface area is 175 Å². The van der Waals surface area contributed by atoms with Gasteiger partial charge in [0.15, 0.2) is 11.5 Å². The zero-order valence-corrected chi connectivity index (χ0v) is 16.9. The molecule has 5 heteroatoms. The third kappa shape index (κ3) is 6.40. The van der Waals surface area contributed by atoms with Gasteiger partial charge in [0.1, 0.15) is 6.61 Å². The lowest BCUT2D eigenvalue weighted by atomic mass is 10.2. The summed E-state index contributed by atoms with van der Waals surface area (Å²) in [6.45, 7) is 0.898. The molecule has 0 unspecified atom stereocenters. The number of nitrogens with one attached hydrogen (secondary N) is 1. The SMILES string of the molecule is COc1cc(/C=C/C(=O)NCc2ccccc2)ccc1OCc1ccc(Cl)cc1. The molecule has 0 spiro atoms. The van der Waals surface area contributed by atoms with Gasteiger partial charge in [-0.05, 0) is 47.0 Å². The minimum absolute atomic E-state index is 0.157. The van der Waals surface area contributed by atoms with Gasteiger partial charge in [0.25, 0.3) is 0 Å². The fourth-order valence-corrected chi connectivity index (χ4v) is 2.79. The monoisotopic (exact) mass is 407 g/mol. The van der Waals surface area contributed by atoms with E-state index in [0.717, 1.165) is 16.7 Å². The summed E-state index contributed by atoms with van der Waals surface area (Å²) in [6, 6.07) is 22.8. The van der Waals surface area contributed by atoms with E-state index in [4.69, 9.17) is 21.1 Å². The average molecular weight is 408 g/mol. The van der Waals surface area contributed by atoms with Crippen LogP contribution >= 0.6 is 11.6 Å². The predicted molar refractivity (Wildman–Crippen MR) is 116 cm³/mol. The molecule has 0 aliphatic rings. The number of ether oxygens (including phenoxy) is 2. The number of rotatable bonds is 8. The Kier molecular flexibility index (Phi) is 7.31. The molecule has 1 amide bonds. The topological polar surface area (TPSA) is 47.6 Å². The zero-order valence-electron chi connectivity index (χ0n) is 16.1. The highest BCUT2D eigenvalue weighted by molar-refractivity contribution is 6.30. The van der Waals surface area contributed by atoms with E-state index < -0.39 is 0 Å². The third-order valence-electron chi connectivity index (χ3n) is 4.23. The van der Waals surface area contributed by atoms with Gasteiger partial charge in [0, 0.05) is 17.6 Å². The first-order valence-electron chi connectivity index (χ1n) is 9.19. The fraction of sp³-hybridized carbons (Fsp3) is 0.125. The van der Waals surface area contributed by atoms with Crippen LogP contribution in [0.1, 0.15) is 16.7 Å².